The van der Waals surface area contributed by atoms with Crippen LogP contribution in [0.4, 0.5) is 5.69 Å². The van der Waals surface area contributed by atoms with E-state index in [4.69, 9.17) is 11.6 Å². The van der Waals surface area contributed by atoms with Crippen LogP contribution < -0.4 is 0 Å². The average Bonchev–Trinajstić information content (AvgIpc) is 2.39. The number of rotatable bonds is 4. The minimum Gasteiger partial charge on any atom is -0.298 e. The van der Waals surface area contributed by atoms with Gasteiger partial charge in [-0.3, -0.25) is 14.9 Å². The fraction of sp³-hybridized carbons (Fsp3) is 0. The number of carbonyl (C=O) groups is 1. The Bertz CT molecular complexity index is 646. The van der Waals surface area contributed by atoms with E-state index in [1.54, 1.807) is 36.4 Å². The molecule has 0 heterocycles. The van der Waals surface area contributed by atoms with Gasteiger partial charge in [0.2, 0.25) is 0 Å². The predicted molar refractivity (Wildman–Crippen MR) is 74.1 cm³/mol. The quantitative estimate of drug-likeness (QED) is 0.481. The van der Waals surface area contributed by atoms with Gasteiger partial charge in [-0.15, -0.1) is 0 Å². The first-order valence-electron chi connectivity index (χ1n) is 5.28. The number of nitro groups is 1. The summed E-state index contributed by atoms with van der Waals surface area (Å²) in [6.07, 6.45) is 0.652. The number of nitro benzene ring substituents is 1. The second kappa shape index (κ2) is 5.86. The lowest BCUT2D eigenvalue weighted by Gasteiger charge is -2.06. The third-order valence-corrected chi connectivity index (χ3v) is 3.88. The largest absolute Gasteiger partial charge is 0.298 e. The van der Waals surface area contributed by atoms with E-state index in [0.29, 0.717) is 26.7 Å². The summed E-state index contributed by atoms with van der Waals surface area (Å²) in [7, 11) is 0. The van der Waals surface area contributed by atoms with Crippen LogP contribution in [0.5, 0.6) is 0 Å². The van der Waals surface area contributed by atoms with Gasteiger partial charge in [0.15, 0.2) is 6.29 Å². The Balaban J connectivity index is 2.45. The van der Waals surface area contributed by atoms with Gasteiger partial charge in [-0.1, -0.05) is 41.6 Å². The van der Waals surface area contributed by atoms with Crippen molar-refractivity contribution in [3.05, 3.63) is 63.2 Å². The van der Waals surface area contributed by atoms with Gasteiger partial charge >= 0.3 is 0 Å². The monoisotopic (exact) mass is 293 g/mol. The minimum absolute atomic E-state index is 0.00400. The summed E-state index contributed by atoms with van der Waals surface area (Å²) >= 11 is 7.07. The molecule has 0 atom stereocenters. The van der Waals surface area contributed by atoms with E-state index >= 15 is 0 Å². The van der Waals surface area contributed by atoms with Gasteiger partial charge in [0, 0.05) is 16.5 Å². The van der Waals surface area contributed by atoms with Gasteiger partial charge in [-0.05, 0) is 18.2 Å². The molecule has 0 aromatic heterocycles. The number of benzene rings is 2. The van der Waals surface area contributed by atoms with Gasteiger partial charge in [0.05, 0.1) is 14.8 Å². The lowest BCUT2D eigenvalue weighted by atomic mass is 10.2. The van der Waals surface area contributed by atoms with Crippen LogP contribution in [0.2, 0.25) is 5.02 Å². The van der Waals surface area contributed by atoms with E-state index in [0.717, 1.165) is 11.8 Å². The topological polar surface area (TPSA) is 60.2 Å². The van der Waals surface area contributed by atoms with Crippen molar-refractivity contribution in [3.63, 3.8) is 0 Å². The highest BCUT2D eigenvalue weighted by atomic mass is 35.5. The van der Waals surface area contributed by atoms with Crippen molar-refractivity contribution >= 4 is 35.3 Å². The summed E-state index contributed by atoms with van der Waals surface area (Å²) < 4.78 is 0. The normalized spacial score (nSPS) is 10.2. The zero-order chi connectivity index (χ0) is 13.8. The van der Waals surface area contributed by atoms with Crippen molar-refractivity contribution in [1.29, 1.82) is 0 Å². The lowest BCUT2D eigenvalue weighted by molar-refractivity contribution is -0.387. The van der Waals surface area contributed by atoms with E-state index in [1.807, 2.05) is 0 Å². The Labute approximate surface area is 118 Å². The number of nitrogens with zero attached hydrogens (tertiary/aromatic N) is 1. The van der Waals surface area contributed by atoms with E-state index in [1.165, 1.54) is 6.07 Å². The van der Waals surface area contributed by atoms with Crippen molar-refractivity contribution in [2.24, 2.45) is 0 Å². The molecule has 0 spiro atoms. The molecule has 0 fully saturated rings. The first-order valence-corrected chi connectivity index (χ1v) is 6.48. The van der Waals surface area contributed by atoms with Crippen molar-refractivity contribution < 1.29 is 9.72 Å². The molecular weight excluding hydrogens is 286 g/mol. The molecule has 0 radical (unpaired) electrons. The molecule has 0 amide bonds. The van der Waals surface area contributed by atoms with E-state index in [2.05, 4.69) is 0 Å². The summed E-state index contributed by atoms with van der Waals surface area (Å²) in [4.78, 5) is 22.6. The summed E-state index contributed by atoms with van der Waals surface area (Å²) in [5.74, 6) is 0. The van der Waals surface area contributed by atoms with E-state index < -0.39 is 4.92 Å². The molecule has 6 heteroatoms. The summed E-state index contributed by atoms with van der Waals surface area (Å²) in [5, 5.41) is 11.3. The molecule has 2 aromatic rings. The third-order valence-electron chi connectivity index (χ3n) is 2.41. The number of aldehydes is 1. The fourth-order valence-corrected chi connectivity index (χ4v) is 2.85. The first kappa shape index (κ1) is 13.6. The molecule has 0 saturated heterocycles. The molecule has 0 aliphatic heterocycles. The third kappa shape index (κ3) is 2.94. The predicted octanol–water partition coefficient (Wildman–Crippen LogP) is 4.21. The molecule has 0 bridgehead atoms. The van der Waals surface area contributed by atoms with Gasteiger partial charge in [0.25, 0.3) is 5.69 Å². The number of para-hydroxylation sites is 1. The molecule has 4 nitrogen and oxygen atoms in total. The number of hydrogen-bond donors (Lipinski definition) is 0. The van der Waals surface area contributed by atoms with E-state index in [-0.39, 0.29) is 5.69 Å². The van der Waals surface area contributed by atoms with Crippen LogP contribution in [0.15, 0.2) is 52.3 Å². The highest BCUT2D eigenvalue weighted by molar-refractivity contribution is 7.99. The van der Waals surface area contributed by atoms with Crippen molar-refractivity contribution in [2.45, 2.75) is 9.79 Å². The van der Waals surface area contributed by atoms with Crippen LogP contribution in [0.3, 0.4) is 0 Å². The second-order valence-corrected chi connectivity index (χ2v) is 5.09. The molecule has 0 saturated carbocycles. The van der Waals surface area contributed by atoms with Crippen LogP contribution >= 0.6 is 23.4 Å². The number of carbonyl (C=O) groups excluding carboxylic acids is 1. The Morgan fingerprint density at radius 3 is 2.47 bits per heavy atom. The zero-order valence-corrected chi connectivity index (χ0v) is 11.1. The van der Waals surface area contributed by atoms with E-state index in [9.17, 15) is 14.9 Å². The Kier molecular flexibility index (Phi) is 4.19. The highest BCUT2D eigenvalue weighted by Crippen LogP contribution is 2.37. The summed E-state index contributed by atoms with van der Waals surface area (Å²) in [5.41, 5.74) is 0.344. The molecular formula is C13H8ClNO3S. The number of hydrogen-bond acceptors (Lipinski definition) is 4. The van der Waals surface area contributed by atoms with Crippen LogP contribution in [0, 0.1) is 10.1 Å². The molecule has 0 aliphatic rings. The molecule has 96 valence electrons. The van der Waals surface area contributed by atoms with Crippen LogP contribution in [0.1, 0.15) is 10.4 Å². The van der Waals surface area contributed by atoms with Gasteiger partial charge in [0.1, 0.15) is 0 Å². The van der Waals surface area contributed by atoms with Gasteiger partial charge in [-0.2, -0.15) is 0 Å². The van der Waals surface area contributed by atoms with Gasteiger partial charge in [-0.25, -0.2) is 0 Å². The van der Waals surface area contributed by atoms with Crippen molar-refractivity contribution in [1.82, 2.24) is 0 Å². The maximum atomic E-state index is 11.0. The summed E-state index contributed by atoms with van der Waals surface area (Å²) in [6.45, 7) is 0. The zero-order valence-electron chi connectivity index (χ0n) is 9.58. The Hall–Kier alpha value is -1.85. The Morgan fingerprint density at radius 1 is 1.11 bits per heavy atom. The van der Waals surface area contributed by atoms with Crippen molar-refractivity contribution in [2.75, 3.05) is 0 Å². The van der Waals surface area contributed by atoms with Crippen molar-refractivity contribution in [3.8, 4) is 0 Å². The molecule has 0 unspecified atom stereocenters. The Morgan fingerprint density at radius 2 is 1.79 bits per heavy atom. The fourth-order valence-electron chi connectivity index (χ4n) is 1.53. The van der Waals surface area contributed by atoms with Gasteiger partial charge < -0.3 is 0 Å². The van der Waals surface area contributed by atoms with Crippen LogP contribution in [-0.2, 0) is 0 Å². The summed E-state index contributed by atoms with van der Waals surface area (Å²) in [6, 6.07) is 11.4. The second-order valence-electron chi connectivity index (χ2n) is 3.60. The maximum Gasteiger partial charge on any atom is 0.283 e. The minimum atomic E-state index is -0.451. The SMILES string of the molecule is O=Cc1c(Cl)cccc1Sc1ccccc1[N+](=O)[O-]. The molecule has 19 heavy (non-hydrogen) atoms. The van der Waals surface area contributed by atoms with Crippen LogP contribution in [-0.4, -0.2) is 11.2 Å². The molecule has 0 N–H and O–H groups in total. The molecule has 2 rings (SSSR count). The lowest BCUT2D eigenvalue weighted by Crippen LogP contribution is -1.91. The standard InChI is InChI=1S/C13H8ClNO3S/c14-10-4-3-7-12(9(10)8-16)19-13-6-2-1-5-11(13)15(17)18/h1-8H. The number of halogens is 1. The first-order chi connectivity index (χ1) is 9.13. The maximum absolute atomic E-state index is 11.0. The van der Waals surface area contributed by atoms with Crippen LogP contribution in [0.25, 0.3) is 0 Å². The average molecular weight is 294 g/mol. The smallest absolute Gasteiger partial charge is 0.283 e. The molecule has 0 aliphatic carbocycles. The highest BCUT2D eigenvalue weighted by Gasteiger charge is 2.15. The molecule has 2 aromatic carbocycles.